The summed E-state index contributed by atoms with van der Waals surface area (Å²) in [5, 5.41) is 3.48. The quantitative estimate of drug-likeness (QED) is 0.779. The van der Waals surface area contributed by atoms with Crippen LogP contribution in [0.1, 0.15) is 39.5 Å². The highest BCUT2D eigenvalue weighted by Crippen LogP contribution is 2.24. The first-order chi connectivity index (χ1) is 8.63. The molecule has 0 aromatic heterocycles. The van der Waals surface area contributed by atoms with Crippen LogP contribution in [0.25, 0.3) is 0 Å². The minimum Gasteiger partial charge on any atom is -0.383 e. The lowest BCUT2D eigenvalue weighted by Crippen LogP contribution is -2.56. The van der Waals surface area contributed by atoms with Gasteiger partial charge in [-0.15, -0.1) is 0 Å². The van der Waals surface area contributed by atoms with Crippen molar-refractivity contribution in [1.29, 1.82) is 0 Å². The third kappa shape index (κ3) is 3.23. The minimum atomic E-state index is 0.0457. The van der Waals surface area contributed by atoms with Gasteiger partial charge >= 0.3 is 0 Å². The Bertz CT molecular complexity index is 290. The molecule has 2 fully saturated rings. The molecule has 4 nitrogen and oxygen atoms in total. The fourth-order valence-corrected chi connectivity index (χ4v) is 2.73. The highest BCUT2D eigenvalue weighted by atomic mass is 16.5. The van der Waals surface area contributed by atoms with Crippen molar-refractivity contribution >= 4 is 5.91 Å². The van der Waals surface area contributed by atoms with E-state index in [4.69, 9.17) is 4.74 Å². The topological polar surface area (TPSA) is 41.6 Å². The molecule has 1 heterocycles. The van der Waals surface area contributed by atoms with Crippen LogP contribution in [0.2, 0.25) is 0 Å². The van der Waals surface area contributed by atoms with E-state index in [0.29, 0.717) is 18.6 Å². The van der Waals surface area contributed by atoms with Gasteiger partial charge in [0.2, 0.25) is 5.91 Å². The molecule has 1 N–H and O–H groups in total. The van der Waals surface area contributed by atoms with Crippen molar-refractivity contribution in [2.75, 3.05) is 20.3 Å². The maximum atomic E-state index is 12.5. The maximum absolute atomic E-state index is 12.5. The van der Waals surface area contributed by atoms with Crippen molar-refractivity contribution in [3.05, 3.63) is 0 Å². The molecule has 0 spiro atoms. The van der Waals surface area contributed by atoms with Crippen molar-refractivity contribution in [3.8, 4) is 0 Å². The molecular weight excluding hydrogens is 228 g/mol. The lowest BCUT2D eigenvalue weighted by Gasteiger charge is -2.40. The predicted molar refractivity (Wildman–Crippen MR) is 71.4 cm³/mol. The van der Waals surface area contributed by atoms with Crippen LogP contribution >= 0.6 is 0 Å². The number of carbonyl (C=O) groups is 1. The Morgan fingerprint density at radius 3 is 2.67 bits per heavy atom. The zero-order valence-electron chi connectivity index (χ0n) is 11.8. The fraction of sp³-hybridized carbons (Fsp3) is 0.929. The highest BCUT2D eigenvalue weighted by molar-refractivity contribution is 5.83. The summed E-state index contributed by atoms with van der Waals surface area (Å²) in [6.45, 7) is 5.84. The molecule has 104 valence electrons. The van der Waals surface area contributed by atoms with Crippen LogP contribution in [0.5, 0.6) is 0 Å². The van der Waals surface area contributed by atoms with Crippen LogP contribution in [0, 0.1) is 5.92 Å². The second-order valence-corrected chi connectivity index (χ2v) is 5.93. The van der Waals surface area contributed by atoms with E-state index < -0.39 is 0 Å². The Hall–Kier alpha value is -0.610. The van der Waals surface area contributed by atoms with Crippen LogP contribution in [0.4, 0.5) is 0 Å². The van der Waals surface area contributed by atoms with E-state index in [0.717, 1.165) is 19.4 Å². The van der Waals surface area contributed by atoms with Gasteiger partial charge in [0.15, 0.2) is 0 Å². The van der Waals surface area contributed by atoms with Gasteiger partial charge in [-0.2, -0.15) is 0 Å². The smallest absolute Gasteiger partial charge is 0.240 e. The summed E-state index contributed by atoms with van der Waals surface area (Å²) in [4.78, 5) is 14.6. The second kappa shape index (κ2) is 6.02. The number of amides is 1. The summed E-state index contributed by atoms with van der Waals surface area (Å²) in [5.74, 6) is 0.720. The lowest BCUT2D eigenvalue weighted by molar-refractivity contribution is -0.141. The molecule has 18 heavy (non-hydrogen) atoms. The van der Waals surface area contributed by atoms with Gasteiger partial charge in [-0.05, 0) is 31.6 Å². The van der Waals surface area contributed by atoms with Crippen molar-refractivity contribution < 1.29 is 9.53 Å². The van der Waals surface area contributed by atoms with Crippen LogP contribution in [0.15, 0.2) is 0 Å². The van der Waals surface area contributed by atoms with Crippen molar-refractivity contribution in [2.45, 2.75) is 57.7 Å². The number of methoxy groups -OCH3 is 1. The first-order valence-corrected chi connectivity index (χ1v) is 7.19. The average molecular weight is 254 g/mol. The zero-order chi connectivity index (χ0) is 13.1. The molecule has 1 amide bonds. The Morgan fingerprint density at radius 1 is 1.39 bits per heavy atom. The number of nitrogens with zero attached hydrogens (tertiary/aromatic N) is 1. The summed E-state index contributed by atoms with van der Waals surface area (Å²) in [6.07, 6.45) is 4.55. The summed E-state index contributed by atoms with van der Waals surface area (Å²) in [6, 6.07) is 0.856. The largest absolute Gasteiger partial charge is 0.383 e. The maximum Gasteiger partial charge on any atom is 0.240 e. The molecule has 2 aliphatic rings. The normalized spacial score (nSPS) is 26.8. The van der Waals surface area contributed by atoms with E-state index in [1.165, 1.54) is 12.8 Å². The van der Waals surface area contributed by atoms with Gasteiger partial charge in [-0.25, -0.2) is 0 Å². The van der Waals surface area contributed by atoms with E-state index in [-0.39, 0.29) is 18.0 Å². The first-order valence-electron chi connectivity index (χ1n) is 7.19. The Morgan fingerprint density at radius 2 is 2.11 bits per heavy atom. The van der Waals surface area contributed by atoms with Crippen molar-refractivity contribution in [1.82, 2.24) is 10.2 Å². The third-order valence-electron chi connectivity index (χ3n) is 3.99. The molecule has 0 bridgehead atoms. The summed E-state index contributed by atoms with van der Waals surface area (Å²) >= 11 is 0. The summed E-state index contributed by atoms with van der Waals surface area (Å²) in [7, 11) is 1.71. The summed E-state index contributed by atoms with van der Waals surface area (Å²) in [5.41, 5.74) is 0. The first kappa shape index (κ1) is 13.8. The predicted octanol–water partition coefficient (Wildman–Crippen LogP) is 1.40. The molecule has 4 heteroatoms. The number of hydrogen-bond acceptors (Lipinski definition) is 3. The van der Waals surface area contributed by atoms with Crippen LogP contribution in [-0.4, -0.2) is 49.2 Å². The average Bonchev–Trinajstić information content (AvgIpc) is 3.13. The Kier molecular flexibility index (Phi) is 4.62. The fourth-order valence-electron chi connectivity index (χ4n) is 2.73. The number of rotatable bonds is 6. The summed E-state index contributed by atoms with van der Waals surface area (Å²) < 4.78 is 5.28. The van der Waals surface area contributed by atoms with Gasteiger partial charge in [-0.1, -0.05) is 13.8 Å². The van der Waals surface area contributed by atoms with Crippen molar-refractivity contribution in [3.63, 3.8) is 0 Å². The van der Waals surface area contributed by atoms with Gasteiger partial charge in [0.05, 0.1) is 18.7 Å². The van der Waals surface area contributed by atoms with Crippen LogP contribution in [-0.2, 0) is 9.53 Å². The monoisotopic (exact) mass is 254 g/mol. The highest BCUT2D eigenvalue weighted by Gasteiger charge is 2.36. The number of ether oxygens (including phenoxy) is 1. The lowest BCUT2D eigenvalue weighted by atomic mass is 9.97. The molecule has 1 saturated carbocycles. The van der Waals surface area contributed by atoms with Crippen LogP contribution < -0.4 is 5.32 Å². The third-order valence-corrected chi connectivity index (χ3v) is 3.99. The molecule has 2 unspecified atom stereocenters. The van der Waals surface area contributed by atoms with Gasteiger partial charge in [0.1, 0.15) is 0 Å². The van der Waals surface area contributed by atoms with E-state index in [2.05, 4.69) is 19.2 Å². The number of likely N-dealkylation sites (tertiary alicyclic amines) is 1. The van der Waals surface area contributed by atoms with Crippen LogP contribution in [0.3, 0.4) is 0 Å². The molecule has 0 aromatic rings. The van der Waals surface area contributed by atoms with Gasteiger partial charge in [0.25, 0.3) is 0 Å². The minimum absolute atomic E-state index is 0.0457. The number of hydrogen-bond donors (Lipinski definition) is 1. The molecule has 1 aliphatic heterocycles. The van der Waals surface area contributed by atoms with Gasteiger partial charge in [0, 0.05) is 19.7 Å². The van der Waals surface area contributed by atoms with Gasteiger partial charge in [-0.3, -0.25) is 4.79 Å². The van der Waals surface area contributed by atoms with E-state index in [1.807, 2.05) is 4.90 Å². The zero-order valence-corrected chi connectivity index (χ0v) is 11.8. The van der Waals surface area contributed by atoms with E-state index >= 15 is 0 Å². The molecular formula is C14H26N2O2. The Labute approximate surface area is 110 Å². The molecule has 2 rings (SSSR count). The number of piperidine rings is 1. The van der Waals surface area contributed by atoms with E-state index in [1.54, 1.807) is 7.11 Å². The molecule has 0 radical (unpaired) electrons. The SMILES string of the molecule is COCC(C(C)C)N1CCCC(NC2CC2)C1=O. The molecule has 0 aromatic carbocycles. The number of nitrogens with one attached hydrogen (secondary N) is 1. The standard InChI is InChI=1S/C14H26N2O2/c1-10(2)13(9-18-3)16-8-4-5-12(14(16)17)15-11-6-7-11/h10-13,15H,4-9H2,1-3H3. The Balaban J connectivity index is 1.98. The van der Waals surface area contributed by atoms with E-state index in [9.17, 15) is 4.79 Å². The molecule has 1 saturated heterocycles. The van der Waals surface area contributed by atoms with Gasteiger partial charge < -0.3 is 15.0 Å². The molecule has 2 atom stereocenters. The molecule has 1 aliphatic carbocycles. The second-order valence-electron chi connectivity index (χ2n) is 5.93. The van der Waals surface area contributed by atoms with Crippen molar-refractivity contribution in [2.24, 2.45) is 5.92 Å². The number of carbonyl (C=O) groups excluding carboxylic acids is 1.